The molecule has 0 saturated heterocycles. The van der Waals surface area contributed by atoms with E-state index in [-0.39, 0.29) is 75.3 Å². The van der Waals surface area contributed by atoms with Crippen LogP contribution in [0.15, 0.2) is 35.3 Å². The fourth-order valence-corrected chi connectivity index (χ4v) is 8.67. The molecule has 0 bridgehead atoms. The lowest BCUT2D eigenvalue weighted by molar-refractivity contribution is -0.143. The minimum atomic E-state index is -1.76. The Morgan fingerprint density at radius 2 is 0.964 bits per heavy atom. The van der Waals surface area contributed by atoms with Gasteiger partial charge in [-0.1, -0.05) is 119 Å². The largest absolute Gasteiger partial charge is 0.481 e. The van der Waals surface area contributed by atoms with Gasteiger partial charge in [-0.15, -0.1) is 0 Å². The topological polar surface area (TPSA) is 453 Å². The maximum absolute atomic E-state index is 14.6. The van der Waals surface area contributed by atoms with E-state index in [0.29, 0.717) is 37.7 Å². The Kier molecular flexibility index (Phi) is 34.8. The molecule has 1 aromatic rings. The van der Waals surface area contributed by atoms with Gasteiger partial charge in [-0.05, 0) is 86.6 Å². The molecule has 12 atom stereocenters. The zero-order chi connectivity index (χ0) is 63.8. The van der Waals surface area contributed by atoms with E-state index in [1.165, 1.54) is 0 Å². The number of aliphatic carboxylic acids is 2. The number of nitrogens with two attached hydrogens (primary N) is 4. The molecule has 27 heteroatoms. The maximum atomic E-state index is 14.6. The number of benzene rings is 1. The van der Waals surface area contributed by atoms with Crippen molar-refractivity contribution in [2.24, 2.45) is 57.5 Å². The van der Waals surface area contributed by atoms with Crippen molar-refractivity contribution in [2.45, 2.75) is 201 Å². The molecule has 474 valence electrons. The third kappa shape index (κ3) is 28.2. The highest BCUT2D eigenvalue weighted by Crippen LogP contribution is 2.16. The van der Waals surface area contributed by atoms with E-state index in [9.17, 15) is 63.0 Å². The summed E-state index contributed by atoms with van der Waals surface area (Å²) in [6.07, 6.45) is 1.70. The molecule has 0 aliphatic heterocycles. The number of carboxylic acids is 2. The molecule has 0 spiro atoms. The van der Waals surface area contributed by atoms with Crippen LogP contribution in [0.4, 0.5) is 0 Å². The van der Waals surface area contributed by atoms with Gasteiger partial charge in [0.2, 0.25) is 53.2 Å². The number of hydrogen-bond donors (Lipinski definition) is 15. The summed E-state index contributed by atoms with van der Waals surface area (Å²) in [5.41, 5.74) is 23.6. The summed E-state index contributed by atoms with van der Waals surface area (Å²) < 4.78 is 0. The van der Waals surface area contributed by atoms with E-state index in [1.807, 2.05) is 20.8 Å². The van der Waals surface area contributed by atoms with Crippen molar-refractivity contribution < 1.29 is 63.0 Å². The Bertz CT molecular complexity index is 2340. The van der Waals surface area contributed by atoms with Gasteiger partial charge in [0.1, 0.15) is 48.3 Å². The summed E-state index contributed by atoms with van der Waals surface area (Å²) in [6.45, 7) is 17.3. The van der Waals surface area contributed by atoms with Crippen LogP contribution in [-0.2, 0) is 59.2 Å². The second-order valence-electron chi connectivity index (χ2n) is 22.4. The van der Waals surface area contributed by atoms with Crippen LogP contribution < -0.4 is 70.8 Å². The van der Waals surface area contributed by atoms with E-state index in [1.54, 1.807) is 78.8 Å². The van der Waals surface area contributed by atoms with E-state index >= 15 is 0 Å². The minimum Gasteiger partial charge on any atom is -0.481 e. The van der Waals surface area contributed by atoms with Gasteiger partial charge in [-0.25, -0.2) is 4.79 Å². The fraction of sp³-hybridized carbons (Fsp3) is 0.684. The lowest BCUT2D eigenvalue weighted by atomic mass is 9.95. The zero-order valence-corrected chi connectivity index (χ0v) is 50.7. The molecule has 0 unspecified atom stereocenters. The average Bonchev–Trinajstić information content (AvgIpc) is 3.44. The summed E-state index contributed by atoms with van der Waals surface area (Å²) in [4.78, 5) is 153. The second-order valence-corrected chi connectivity index (χ2v) is 22.4. The summed E-state index contributed by atoms with van der Waals surface area (Å²) >= 11 is 0. The Morgan fingerprint density at radius 1 is 0.512 bits per heavy atom. The molecule has 9 amide bonds. The number of carbonyl (C=O) groups is 11. The van der Waals surface area contributed by atoms with Crippen molar-refractivity contribution in [1.82, 2.24) is 47.9 Å². The van der Waals surface area contributed by atoms with Gasteiger partial charge in [0, 0.05) is 13.0 Å². The fourth-order valence-electron chi connectivity index (χ4n) is 8.67. The standard InChI is InChI=1S/C57H98N14O13/c1-11-33(8)45(59)54(81)65-38(23-19-25-62-57(60)61)49(76)64-37(22-17-18-24-58)50(77)71-46(34(9)12-2)55(82)69-40(27-32(6)7)52(79)67-41(28-36-20-15-14-16-21-36)53(80)66-39(26-31(4)5)51(78)68-42(29-44(73)74)48(75)63-30-43(72)70-47(56(83)84)35(10)13-3/h14-16,20-21,31-35,37-42,45-47H,11-13,17-19,22-30,58-59H2,1-10H3,(H,63,75)(H,64,76)(H,65,81)(H,66,80)(H,67,79)(H,68,78)(H,69,82)(H,70,72)(H,71,77)(H,73,74)(H,83,84)(H4,60,61,62)/t33-,34-,35-,37-,38-,39-,40-,41-,42-,45-,46-,47-/m0/s1. The molecular formula is C57H98N14O13. The molecule has 19 N–H and O–H groups in total. The predicted molar refractivity (Wildman–Crippen MR) is 317 cm³/mol. The first-order valence-corrected chi connectivity index (χ1v) is 29.2. The summed E-state index contributed by atoms with van der Waals surface area (Å²) in [5.74, 6) is -11.9. The zero-order valence-electron chi connectivity index (χ0n) is 50.7. The number of unbranched alkanes of at least 4 members (excludes halogenated alkanes) is 1. The molecule has 0 fully saturated rings. The first-order chi connectivity index (χ1) is 39.5. The van der Waals surface area contributed by atoms with E-state index in [0.717, 1.165) is 0 Å². The van der Waals surface area contributed by atoms with Crippen LogP contribution in [0.3, 0.4) is 0 Å². The molecule has 0 aromatic heterocycles. The smallest absolute Gasteiger partial charge is 0.326 e. The molecule has 1 aromatic carbocycles. The van der Waals surface area contributed by atoms with Crippen molar-refractivity contribution in [2.75, 3.05) is 19.6 Å². The van der Waals surface area contributed by atoms with Crippen LogP contribution >= 0.6 is 0 Å². The van der Waals surface area contributed by atoms with Crippen LogP contribution in [0, 0.1) is 29.6 Å². The molecule has 0 heterocycles. The van der Waals surface area contributed by atoms with Gasteiger partial charge < -0.3 is 81.0 Å². The van der Waals surface area contributed by atoms with Crippen molar-refractivity contribution in [3.63, 3.8) is 0 Å². The number of hydrogen-bond acceptors (Lipinski definition) is 14. The van der Waals surface area contributed by atoms with Crippen LogP contribution in [0.5, 0.6) is 0 Å². The minimum absolute atomic E-state index is 0.0309. The lowest BCUT2D eigenvalue weighted by Crippen LogP contribution is -2.61. The molecule has 0 saturated carbocycles. The predicted octanol–water partition coefficient (Wildman–Crippen LogP) is -0.477. The summed E-state index contributed by atoms with van der Waals surface area (Å²) in [7, 11) is 0. The first-order valence-electron chi connectivity index (χ1n) is 29.2. The molecule has 0 radical (unpaired) electrons. The highest BCUT2D eigenvalue weighted by atomic mass is 16.4. The van der Waals surface area contributed by atoms with Crippen molar-refractivity contribution in [3.8, 4) is 0 Å². The third-order valence-electron chi connectivity index (χ3n) is 14.3. The average molecular weight is 1190 g/mol. The normalized spacial score (nSPS) is 15.5. The molecule has 27 nitrogen and oxygen atoms in total. The van der Waals surface area contributed by atoms with Crippen LogP contribution in [0.25, 0.3) is 0 Å². The second kappa shape index (κ2) is 39.2. The SMILES string of the molecule is CC[C@H](C)[C@H](N)C(=O)N[C@@H](CCCN=C(N)N)C(=O)N[C@@H](CCCCN)C(=O)N[C@H](C(=O)N[C@@H](CC(C)C)C(=O)N[C@@H](Cc1ccccc1)C(=O)N[C@@H](CC(C)C)C(=O)N[C@@H](CC(=O)O)C(=O)NCC(=O)N[C@H](C(=O)O)[C@@H](C)CC)[C@@H](C)CC. The molecule has 0 aliphatic carbocycles. The van der Waals surface area contributed by atoms with Gasteiger partial charge >= 0.3 is 11.9 Å². The number of carboxylic acid groups (broad SMARTS) is 2. The quantitative estimate of drug-likeness (QED) is 0.0224. The van der Waals surface area contributed by atoms with E-state index in [2.05, 4.69) is 52.8 Å². The number of nitrogens with one attached hydrogen (secondary N) is 9. The van der Waals surface area contributed by atoms with Gasteiger partial charge in [0.25, 0.3) is 0 Å². The van der Waals surface area contributed by atoms with Crippen molar-refractivity contribution in [3.05, 3.63) is 35.9 Å². The molecular weight excluding hydrogens is 1090 g/mol. The van der Waals surface area contributed by atoms with E-state index < -0.39 is 144 Å². The number of amides is 9. The summed E-state index contributed by atoms with van der Waals surface area (Å²) in [6, 6.07) is -3.10. The molecule has 0 aliphatic rings. The monoisotopic (exact) mass is 1190 g/mol. The van der Waals surface area contributed by atoms with Crippen LogP contribution in [0.1, 0.15) is 145 Å². The number of carbonyl (C=O) groups excluding carboxylic acids is 9. The van der Waals surface area contributed by atoms with Crippen LogP contribution in [0.2, 0.25) is 0 Å². The number of aliphatic imine (C=N–C) groups is 1. The van der Waals surface area contributed by atoms with E-state index in [4.69, 9.17) is 22.9 Å². The molecule has 84 heavy (non-hydrogen) atoms. The van der Waals surface area contributed by atoms with Gasteiger partial charge in [-0.2, -0.15) is 0 Å². The number of nitrogens with zero attached hydrogens (tertiary/aromatic N) is 1. The maximum Gasteiger partial charge on any atom is 0.326 e. The highest BCUT2D eigenvalue weighted by molar-refractivity contribution is 5.99. The molecule has 1 rings (SSSR count). The van der Waals surface area contributed by atoms with Gasteiger partial charge in [-0.3, -0.25) is 52.9 Å². The number of guanidine groups is 1. The third-order valence-corrected chi connectivity index (χ3v) is 14.3. The highest BCUT2D eigenvalue weighted by Gasteiger charge is 2.37. The Morgan fingerprint density at radius 3 is 1.46 bits per heavy atom. The van der Waals surface area contributed by atoms with Gasteiger partial charge in [0.15, 0.2) is 5.96 Å². The Labute approximate surface area is 494 Å². The Hall–Kier alpha value is -7.42. The first kappa shape index (κ1) is 74.6. The lowest BCUT2D eigenvalue weighted by Gasteiger charge is -2.30. The van der Waals surface area contributed by atoms with Gasteiger partial charge in [0.05, 0.1) is 19.0 Å². The van der Waals surface area contributed by atoms with Crippen molar-refractivity contribution >= 4 is 71.1 Å². The number of rotatable bonds is 41. The summed E-state index contributed by atoms with van der Waals surface area (Å²) in [5, 5.41) is 42.7. The Balaban J connectivity index is 3.61. The van der Waals surface area contributed by atoms with Crippen molar-refractivity contribution in [1.29, 1.82) is 0 Å². The van der Waals surface area contributed by atoms with Crippen LogP contribution in [-0.4, -0.2) is 155 Å².